The standard InChI is InChI=1S/C26H27FN2O3/c27-20-3-1-2-19-22-14-28-15-29(22)21(26(19)20)13-23(30)17-6-4-16(5-7-17)18-8-9-24-25(12-18)32-11-10-31-24/h1-3,8-9,12,14-17,21,23,30H,4-7,10-11,13H2. The Morgan fingerprint density at radius 1 is 1.06 bits per heavy atom. The third-order valence-electron chi connectivity index (χ3n) is 7.48. The van der Waals surface area contributed by atoms with Gasteiger partial charge in [-0.15, -0.1) is 0 Å². The molecule has 0 radical (unpaired) electrons. The second kappa shape index (κ2) is 7.93. The van der Waals surface area contributed by atoms with Crippen LogP contribution in [0.25, 0.3) is 11.3 Å². The molecule has 2 aliphatic heterocycles. The number of hydrogen-bond acceptors (Lipinski definition) is 4. The molecule has 3 aromatic rings. The number of halogens is 1. The first-order valence-electron chi connectivity index (χ1n) is 11.6. The number of rotatable bonds is 4. The van der Waals surface area contributed by atoms with Gasteiger partial charge in [0.1, 0.15) is 19.0 Å². The zero-order chi connectivity index (χ0) is 21.7. The van der Waals surface area contributed by atoms with Crippen molar-refractivity contribution in [2.45, 2.75) is 50.2 Å². The van der Waals surface area contributed by atoms with Gasteiger partial charge in [0.15, 0.2) is 11.5 Å². The summed E-state index contributed by atoms with van der Waals surface area (Å²) in [7, 11) is 0. The van der Waals surface area contributed by atoms with E-state index >= 15 is 0 Å². The molecule has 0 spiro atoms. The van der Waals surface area contributed by atoms with Gasteiger partial charge in [-0.3, -0.25) is 0 Å². The lowest BCUT2D eigenvalue weighted by atomic mass is 9.75. The molecule has 2 atom stereocenters. The molecule has 0 bridgehead atoms. The number of aromatic nitrogens is 2. The van der Waals surface area contributed by atoms with Gasteiger partial charge in [0.05, 0.1) is 30.4 Å². The lowest BCUT2D eigenvalue weighted by Crippen LogP contribution is -2.28. The van der Waals surface area contributed by atoms with Gasteiger partial charge >= 0.3 is 0 Å². The fourth-order valence-corrected chi connectivity index (χ4v) is 5.80. The molecule has 3 heterocycles. The Labute approximate surface area is 186 Å². The van der Waals surface area contributed by atoms with Gasteiger partial charge in [-0.2, -0.15) is 0 Å². The predicted molar refractivity (Wildman–Crippen MR) is 119 cm³/mol. The molecule has 2 aromatic carbocycles. The Morgan fingerprint density at radius 2 is 1.88 bits per heavy atom. The summed E-state index contributed by atoms with van der Waals surface area (Å²) < 4.78 is 28.1. The highest BCUT2D eigenvalue weighted by Crippen LogP contribution is 2.45. The lowest BCUT2D eigenvalue weighted by molar-refractivity contribution is 0.0649. The summed E-state index contributed by atoms with van der Waals surface area (Å²) in [5, 5.41) is 11.1. The first-order valence-corrected chi connectivity index (χ1v) is 11.6. The van der Waals surface area contributed by atoms with E-state index in [1.807, 2.05) is 16.7 Å². The van der Waals surface area contributed by atoms with Crippen molar-refractivity contribution in [2.24, 2.45) is 5.92 Å². The zero-order valence-corrected chi connectivity index (χ0v) is 17.9. The van der Waals surface area contributed by atoms with Crippen LogP contribution in [0.4, 0.5) is 4.39 Å². The van der Waals surface area contributed by atoms with Gasteiger partial charge < -0.3 is 19.1 Å². The highest BCUT2D eigenvalue weighted by atomic mass is 19.1. The summed E-state index contributed by atoms with van der Waals surface area (Å²) in [6, 6.07) is 11.3. The van der Waals surface area contributed by atoms with Crippen molar-refractivity contribution in [2.75, 3.05) is 13.2 Å². The van der Waals surface area contributed by atoms with Crippen LogP contribution in [0.1, 0.15) is 55.2 Å². The minimum Gasteiger partial charge on any atom is -0.486 e. The summed E-state index contributed by atoms with van der Waals surface area (Å²) in [6.45, 7) is 1.20. The maximum absolute atomic E-state index is 14.7. The largest absolute Gasteiger partial charge is 0.486 e. The monoisotopic (exact) mass is 434 g/mol. The maximum Gasteiger partial charge on any atom is 0.161 e. The number of ether oxygens (including phenoxy) is 2. The topological polar surface area (TPSA) is 56.5 Å². The van der Waals surface area contributed by atoms with Gasteiger partial charge in [0.2, 0.25) is 0 Å². The van der Waals surface area contributed by atoms with E-state index in [1.54, 1.807) is 18.6 Å². The van der Waals surface area contributed by atoms with Crippen molar-refractivity contribution in [3.63, 3.8) is 0 Å². The van der Waals surface area contributed by atoms with E-state index < -0.39 is 6.10 Å². The van der Waals surface area contributed by atoms with Crippen LogP contribution in [0.2, 0.25) is 0 Å². The molecule has 2 unspecified atom stereocenters. The molecule has 32 heavy (non-hydrogen) atoms. The normalized spacial score (nSPS) is 24.6. The number of benzene rings is 2. The minimum absolute atomic E-state index is 0.200. The quantitative estimate of drug-likeness (QED) is 0.622. The first-order chi connectivity index (χ1) is 15.7. The van der Waals surface area contributed by atoms with Crippen LogP contribution < -0.4 is 9.47 Å². The van der Waals surface area contributed by atoms with E-state index in [0.29, 0.717) is 31.1 Å². The molecule has 166 valence electrons. The number of nitrogens with zero attached hydrogens (tertiary/aromatic N) is 2. The van der Waals surface area contributed by atoms with Crippen LogP contribution in [0.3, 0.4) is 0 Å². The van der Waals surface area contributed by atoms with E-state index in [9.17, 15) is 9.50 Å². The highest BCUT2D eigenvalue weighted by Gasteiger charge is 2.35. The Morgan fingerprint density at radius 3 is 2.72 bits per heavy atom. The van der Waals surface area contributed by atoms with Crippen molar-refractivity contribution < 1.29 is 19.0 Å². The number of aliphatic hydroxyl groups is 1. The Hall–Kier alpha value is -2.86. The number of aliphatic hydroxyl groups excluding tert-OH is 1. The number of fused-ring (bicyclic) bond motifs is 4. The zero-order valence-electron chi connectivity index (χ0n) is 17.9. The van der Waals surface area contributed by atoms with E-state index in [2.05, 4.69) is 17.1 Å². The molecule has 6 heteroatoms. The van der Waals surface area contributed by atoms with Crippen molar-refractivity contribution in [3.05, 3.63) is 65.9 Å². The summed E-state index contributed by atoms with van der Waals surface area (Å²) >= 11 is 0. The average molecular weight is 435 g/mol. The van der Waals surface area contributed by atoms with Crippen LogP contribution in [-0.4, -0.2) is 34.0 Å². The van der Waals surface area contributed by atoms with E-state index in [4.69, 9.17) is 9.47 Å². The van der Waals surface area contributed by atoms with E-state index in [-0.39, 0.29) is 17.8 Å². The summed E-state index contributed by atoms with van der Waals surface area (Å²) in [6.07, 6.45) is 7.58. The minimum atomic E-state index is -0.470. The molecule has 3 aliphatic rings. The van der Waals surface area contributed by atoms with Crippen LogP contribution in [-0.2, 0) is 0 Å². The highest BCUT2D eigenvalue weighted by molar-refractivity contribution is 5.69. The Kier molecular flexibility index (Phi) is 4.90. The average Bonchev–Trinajstić information content (AvgIpc) is 3.42. The molecule has 1 saturated carbocycles. The third kappa shape index (κ3) is 3.28. The number of imidazole rings is 1. The van der Waals surface area contributed by atoms with Crippen LogP contribution >= 0.6 is 0 Å². The summed E-state index contributed by atoms with van der Waals surface area (Å²) in [4.78, 5) is 4.26. The molecule has 5 nitrogen and oxygen atoms in total. The first kappa shape index (κ1) is 19.8. The van der Waals surface area contributed by atoms with Crippen molar-refractivity contribution >= 4 is 0 Å². The maximum atomic E-state index is 14.7. The molecular weight excluding hydrogens is 407 g/mol. The third-order valence-corrected chi connectivity index (χ3v) is 7.48. The SMILES string of the molecule is OC(CC1c2c(F)cccc2-c2cncn21)C1CCC(c2ccc3c(c2)OCCO3)CC1. The van der Waals surface area contributed by atoms with Crippen LogP contribution in [0.5, 0.6) is 11.5 Å². The van der Waals surface area contributed by atoms with Crippen molar-refractivity contribution in [3.8, 4) is 22.8 Å². The fourth-order valence-electron chi connectivity index (χ4n) is 5.80. The fraction of sp³-hybridized carbons (Fsp3) is 0.423. The molecule has 6 rings (SSSR count). The molecule has 1 N–H and O–H groups in total. The lowest BCUT2D eigenvalue weighted by Gasteiger charge is -2.33. The Bertz CT molecular complexity index is 1140. The van der Waals surface area contributed by atoms with E-state index in [0.717, 1.165) is 48.4 Å². The van der Waals surface area contributed by atoms with Gasteiger partial charge in [0, 0.05) is 11.1 Å². The van der Waals surface area contributed by atoms with Gasteiger partial charge in [-0.25, -0.2) is 9.37 Å². The molecule has 0 amide bonds. The smallest absolute Gasteiger partial charge is 0.161 e. The Balaban J connectivity index is 1.14. The molecular formula is C26H27FN2O3. The van der Waals surface area contributed by atoms with Crippen LogP contribution in [0.15, 0.2) is 48.9 Å². The number of hydrogen-bond donors (Lipinski definition) is 1. The van der Waals surface area contributed by atoms with E-state index in [1.165, 1.54) is 11.6 Å². The van der Waals surface area contributed by atoms with Crippen molar-refractivity contribution in [1.82, 2.24) is 9.55 Å². The molecule has 0 saturated heterocycles. The summed E-state index contributed by atoms with van der Waals surface area (Å²) in [5.74, 6) is 2.16. The second-order valence-electron chi connectivity index (χ2n) is 9.22. The van der Waals surface area contributed by atoms with Gasteiger partial charge in [-0.1, -0.05) is 18.2 Å². The summed E-state index contributed by atoms with van der Waals surface area (Å²) in [5.41, 5.74) is 3.80. The molecule has 1 aromatic heterocycles. The van der Waals surface area contributed by atoms with Crippen LogP contribution in [0, 0.1) is 11.7 Å². The molecule has 1 aliphatic carbocycles. The van der Waals surface area contributed by atoms with Gasteiger partial charge in [0.25, 0.3) is 0 Å². The second-order valence-corrected chi connectivity index (χ2v) is 9.22. The predicted octanol–water partition coefficient (Wildman–Crippen LogP) is 5.09. The van der Waals surface area contributed by atoms with Gasteiger partial charge in [-0.05, 0) is 67.7 Å². The molecule has 1 fully saturated rings. The van der Waals surface area contributed by atoms with Crippen molar-refractivity contribution in [1.29, 1.82) is 0 Å².